The van der Waals surface area contributed by atoms with Gasteiger partial charge in [0.15, 0.2) is 5.78 Å². The van der Waals surface area contributed by atoms with Crippen molar-refractivity contribution in [2.45, 2.75) is 19.3 Å². The predicted octanol–water partition coefficient (Wildman–Crippen LogP) is 7.47. The monoisotopic (exact) mass is 489 g/mol. The Bertz CT molecular complexity index is 1330. The molecule has 0 radical (unpaired) electrons. The lowest BCUT2D eigenvalue weighted by atomic mass is 9.83. The van der Waals surface area contributed by atoms with Gasteiger partial charge in [-0.1, -0.05) is 83.9 Å². The molecule has 4 nitrogen and oxygen atoms in total. The molecule has 4 rings (SSSR count). The van der Waals surface area contributed by atoms with E-state index in [-0.39, 0.29) is 34.0 Å². The number of carboxylic acids is 1. The first-order valence-electron chi connectivity index (χ1n) is 10.7. The summed E-state index contributed by atoms with van der Waals surface area (Å²) >= 11 is 12.0. The van der Waals surface area contributed by atoms with Crippen molar-refractivity contribution in [1.29, 1.82) is 0 Å². The molecular weight excluding hydrogens is 469 g/mol. The van der Waals surface area contributed by atoms with Crippen molar-refractivity contribution < 1.29 is 14.7 Å². The van der Waals surface area contributed by atoms with E-state index in [2.05, 4.69) is 4.98 Å². The number of ketones is 1. The van der Waals surface area contributed by atoms with Crippen LogP contribution in [0.1, 0.15) is 49.7 Å². The number of nitrogens with zero attached hydrogens (tertiary/aromatic N) is 1. The van der Waals surface area contributed by atoms with E-state index in [4.69, 9.17) is 28.3 Å². The van der Waals surface area contributed by atoms with Gasteiger partial charge in [0.25, 0.3) is 0 Å². The molecule has 0 spiro atoms. The molecule has 0 amide bonds. The van der Waals surface area contributed by atoms with E-state index in [1.165, 1.54) is 12.1 Å². The maximum atomic E-state index is 13.2. The molecule has 1 heterocycles. The van der Waals surface area contributed by atoms with Gasteiger partial charge in [-0.3, -0.25) is 4.79 Å². The van der Waals surface area contributed by atoms with E-state index in [9.17, 15) is 9.59 Å². The Morgan fingerprint density at radius 3 is 1.94 bits per heavy atom. The highest BCUT2D eigenvalue weighted by atomic mass is 35.5. The van der Waals surface area contributed by atoms with Crippen LogP contribution in [0.25, 0.3) is 11.1 Å². The van der Waals surface area contributed by atoms with Crippen molar-refractivity contribution in [3.05, 3.63) is 123 Å². The van der Waals surface area contributed by atoms with E-state index < -0.39 is 5.97 Å². The van der Waals surface area contributed by atoms with Gasteiger partial charge < -0.3 is 5.11 Å². The number of aryl methyl sites for hydroxylation is 1. The van der Waals surface area contributed by atoms with E-state index >= 15 is 0 Å². The fraction of sp³-hybridized carbons (Fsp3) is 0.107. The number of hydrogen-bond acceptors (Lipinski definition) is 3. The zero-order chi connectivity index (χ0) is 24.2. The van der Waals surface area contributed by atoms with Crippen molar-refractivity contribution in [1.82, 2.24) is 4.98 Å². The van der Waals surface area contributed by atoms with Crippen LogP contribution in [0.4, 0.5) is 0 Å². The molecule has 1 N–H and O–H groups in total. The molecule has 0 aliphatic heterocycles. The number of aromatic carboxylic acids is 1. The quantitative estimate of drug-likeness (QED) is 0.216. The highest BCUT2D eigenvalue weighted by Gasteiger charge is 2.21. The summed E-state index contributed by atoms with van der Waals surface area (Å²) in [4.78, 5) is 28.2. The number of hydrogen-bond donors (Lipinski definition) is 1. The Kier molecular flexibility index (Phi) is 7.11. The van der Waals surface area contributed by atoms with E-state index in [1.807, 2.05) is 55.5 Å². The summed E-state index contributed by atoms with van der Waals surface area (Å²) in [5.41, 5.74) is 5.72. The lowest BCUT2D eigenvalue weighted by Crippen LogP contribution is -2.11. The summed E-state index contributed by atoms with van der Waals surface area (Å²) < 4.78 is 0. The Morgan fingerprint density at radius 2 is 1.38 bits per heavy atom. The fourth-order valence-electron chi connectivity index (χ4n) is 4.03. The predicted molar refractivity (Wildman–Crippen MR) is 135 cm³/mol. The van der Waals surface area contributed by atoms with E-state index in [1.54, 1.807) is 24.3 Å². The van der Waals surface area contributed by atoms with Crippen molar-refractivity contribution in [2.75, 3.05) is 0 Å². The topological polar surface area (TPSA) is 67.3 Å². The summed E-state index contributed by atoms with van der Waals surface area (Å²) in [5, 5.41) is 9.48. The Balaban J connectivity index is 1.67. The standard InChI is InChI=1S/C28H21Cl2NO3/c1-17-4-2-3-5-23(17)24(16-25(32)22-14-26(29)31-27(30)15-22)20-10-6-18(7-11-20)19-8-12-21(13-9-19)28(33)34/h2-15,24H,16H2,1H3,(H,33,34). The molecule has 0 aliphatic rings. The molecule has 0 aliphatic carbocycles. The molecule has 34 heavy (non-hydrogen) atoms. The minimum atomic E-state index is -0.954. The van der Waals surface area contributed by atoms with Crippen LogP contribution in [0, 0.1) is 6.92 Å². The minimum absolute atomic E-state index is 0.0761. The second-order valence-electron chi connectivity index (χ2n) is 8.04. The van der Waals surface area contributed by atoms with Crippen LogP contribution in [0.5, 0.6) is 0 Å². The summed E-state index contributed by atoms with van der Waals surface area (Å²) in [6.07, 6.45) is 0.244. The zero-order valence-corrected chi connectivity index (χ0v) is 19.8. The Hall–Kier alpha value is -3.47. The minimum Gasteiger partial charge on any atom is -0.478 e. The molecule has 1 aromatic heterocycles. The summed E-state index contributed by atoms with van der Waals surface area (Å²) in [5.74, 6) is -1.19. The van der Waals surface area contributed by atoms with E-state index in [0.717, 1.165) is 27.8 Å². The average Bonchev–Trinajstić information content (AvgIpc) is 2.82. The third-order valence-corrected chi connectivity index (χ3v) is 6.20. The van der Waals surface area contributed by atoms with Gasteiger partial charge in [-0.25, -0.2) is 9.78 Å². The first-order valence-corrected chi connectivity index (χ1v) is 11.4. The highest BCUT2D eigenvalue weighted by molar-refractivity contribution is 6.33. The van der Waals surface area contributed by atoms with Crippen molar-refractivity contribution in [3.63, 3.8) is 0 Å². The molecule has 3 aromatic carbocycles. The molecule has 0 saturated carbocycles. The van der Waals surface area contributed by atoms with Crippen LogP contribution in [0.3, 0.4) is 0 Å². The molecule has 4 aromatic rings. The fourth-order valence-corrected chi connectivity index (χ4v) is 4.49. The summed E-state index contributed by atoms with van der Waals surface area (Å²) in [6, 6.07) is 25.8. The highest BCUT2D eigenvalue weighted by Crippen LogP contribution is 2.33. The third-order valence-electron chi connectivity index (χ3n) is 5.82. The Morgan fingerprint density at radius 1 is 0.824 bits per heavy atom. The number of Topliss-reactive ketones (excluding diaryl/α,β-unsaturated/α-hetero) is 1. The first-order chi connectivity index (χ1) is 16.3. The van der Waals surface area contributed by atoms with Crippen LogP contribution < -0.4 is 0 Å². The van der Waals surface area contributed by atoms with Gasteiger partial charge in [0.05, 0.1) is 5.56 Å². The van der Waals surface area contributed by atoms with Crippen LogP contribution in [0.15, 0.2) is 84.9 Å². The van der Waals surface area contributed by atoms with Crippen LogP contribution in [-0.2, 0) is 0 Å². The van der Waals surface area contributed by atoms with Crippen LogP contribution >= 0.6 is 23.2 Å². The number of rotatable bonds is 7. The lowest BCUT2D eigenvalue weighted by molar-refractivity contribution is 0.0696. The van der Waals surface area contributed by atoms with Crippen molar-refractivity contribution >= 4 is 35.0 Å². The average molecular weight is 490 g/mol. The van der Waals surface area contributed by atoms with Gasteiger partial charge in [-0.05, 0) is 59.0 Å². The normalized spacial score (nSPS) is 11.7. The molecular formula is C28H21Cl2NO3. The number of benzene rings is 3. The molecule has 1 atom stereocenters. The van der Waals surface area contributed by atoms with Crippen LogP contribution in [-0.4, -0.2) is 21.8 Å². The van der Waals surface area contributed by atoms with Gasteiger partial charge in [0, 0.05) is 17.9 Å². The number of carbonyl (C=O) groups excluding carboxylic acids is 1. The number of carbonyl (C=O) groups is 2. The van der Waals surface area contributed by atoms with Gasteiger partial charge >= 0.3 is 5.97 Å². The second kappa shape index (κ2) is 10.2. The number of halogens is 2. The van der Waals surface area contributed by atoms with Crippen molar-refractivity contribution in [3.8, 4) is 11.1 Å². The molecule has 0 bridgehead atoms. The maximum Gasteiger partial charge on any atom is 0.335 e. The smallest absolute Gasteiger partial charge is 0.335 e. The maximum absolute atomic E-state index is 13.2. The third kappa shape index (κ3) is 5.36. The van der Waals surface area contributed by atoms with Gasteiger partial charge in [-0.15, -0.1) is 0 Å². The zero-order valence-electron chi connectivity index (χ0n) is 18.3. The molecule has 170 valence electrons. The SMILES string of the molecule is Cc1ccccc1C(CC(=O)c1cc(Cl)nc(Cl)c1)c1ccc(-c2ccc(C(=O)O)cc2)cc1. The van der Waals surface area contributed by atoms with Crippen LogP contribution in [0.2, 0.25) is 10.3 Å². The summed E-state index contributed by atoms with van der Waals surface area (Å²) in [6.45, 7) is 2.03. The van der Waals surface area contributed by atoms with Gasteiger partial charge in [0.1, 0.15) is 10.3 Å². The Labute approximate surface area is 207 Å². The molecule has 6 heteroatoms. The molecule has 0 saturated heterocycles. The van der Waals surface area contributed by atoms with Gasteiger partial charge in [-0.2, -0.15) is 0 Å². The molecule has 1 unspecified atom stereocenters. The van der Waals surface area contributed by atoms with Crippen molar-refractivity contribution in [2.24, 2.45) is 0 Å². The number of pyridine rings is 1. The molecule has 0 fully saturated rings. The summed E-state index contributed by atoms with van der Waals surface area (Å²) in [7, 11) is 0. The van der Waals surface area contributed by atoms with E-state index in [0.29, 0.717) is 5.56 Å². The first kappa shape index (κ1) is 23.7. The largest absolute Gasteiger partial charge is 0.478 e. The van der Waals surface area contributed by atoms with Gasteiger partial charge in [0.2, 0.25) is 0 Å². The number of aromatic nitrogens is 1. The second-order valence-corrected chi connectivity index (χ2v) is 8.82. The lowest BCUT2D eigenvalue weighted by Gasteiger charge is -2.20. The number of carboxylic acid groups (broad SMARTS) is 1.